The van der Waals surface area contributed by atoms with Gasteiger partial charge in [-0.1, -0.05) is 18.2 Å². The van der Waals surface area contributed by atoms with E-state index in [4.69, 9.17) is 0 Å². The minimum atomic E-state index is -0.772. The average Bonchev–Trinajstić information content (AvgIpc) is 2.97. The van der Waals surface area contributed by atoms with Gasteiger partial charge in [-0.3, -0.25) is 28.8 Å². The predicted octanol–water partition coefficient (Wildman–Crippen LogP) is -0.342. The zero-order chi connectivity index (χ0) is 30.4. The number of carbonyl (C=O) groups excluding carboxylic acids is 3. The highest BCUT2D eigenvalue weighted by Crippen LogP contribution is 2.14. The number of aromatic nitrogens is 3. The Balaban J connectivity index is 1.54. The van der Waals surface area contributed by atoms with Crippen molar-refractivity contribution < 1.29 is 29.7 Å². The van der Waals surface area contributed by atoms with E-state index >= 15 is 0 Å². The van der Waals surface area contributed by atoms with Crippen LogP contribution in [-0.4, -0.2) is 48.0 Å². The largest absolute Gasteiger partial charge is 0.503 e. The van der Waals surface area contributed by atoms with E-state index in [1.54, 1.807) is 18.2 Å². The standard InChI is InChI=1S/C27H24N6O9/c34-16-1-4-28-19(22(16)37)25(40)31-10-13-7-14(11-32-26(41)20-23(38)17(35)2-5-29-20)9-15(8-13)12-33-27(42)21-24(39)18(36)3-6-30-21/h1-9,37-39H,10-12H2,(H,28,34)(H,29,35)(H,30,36)(H,31,40)(H,32,41)(H,33,42). The number of hydrogen-bond acceptors (Lipinski definition) is 9. The van der Waals surface area contributed by atoms with E-state index < -0.39 is 51.3 Å². The highest BCUT2D eigenvalue weighted by Gasteiger charge is 2.17. The van der Waals surface area contributed by atoms with Crippen molar-refractivity contribution in [2.75, 3.05) is 0 Å². The van der Waals surface area contributed by atoms with Gasteiger partial charge in [0.05, 0.1) is 0 Å². The molecular weight excluding hydrogens is 552 g/mol. The molecule has 0 atom stereocenters. The smallest absolute Gasteiger partial charge is 0.271 e. The third kappa shape index (κ3) is 6.53. The summed E-state index contributed by atoms with van der Waals surface area (Å²) in [5.74, 6) is -4.57. The maximum Gasteiger partial charge on any atom is 0.271 e. The van der Waals surface area contributed by atoms with Gasteiger partial charge in [0, 0.05) is 56.4 Å². The summed E-state index contributed by atoms with van der Waals surface area (Å²) in [6.45, 7) is -0.299. The van der Waals surface area contributed by atoms with Crippen molar-refractivity contribution in [1.82, 2.24) is 30.9 Å². The van der Waals surface area contributed by atoms with Crippen molar-refractivity contribution in [2.45, 2.75) is 19.6 Å². The molecule has 0 fully saturated rings. The van der Waals surface area contributed by atoms with Gasteiger partial charge in [-0.15, -0.1) is 0 Å². The molecule has 3 amide bonds. The van der Waals surface area contributed by atoms with E-state index in [0.717, 1.165) is 18.2 Å². The van der Waals surface area contributed by atoms with Crippen molar-refractivity contribution in [2.24, 2.45) is 0 Å². The van der Waals surface area contributed by atoms with Gasteiger partial charge in [0.1, 0.15) is 0 Å². The van der Waals surface area contributed by atoms with Crippen LogP contribution in [0.25, 0.3) is 0 Å². The molecule has 0 saturated carbocycles. The Hall–Kier alpha value is -6.12. The minimum Gasteiger partial charge on any atom is -0.503 e. The van der Waals surface area contributed by atoms with Gasteiger partial charge in [0.2, 0.25) is 16.3 Å². The third-order valence-corrected chi connectivity index (χ3v) is 5.95. The Morgan fingerprint density at radius 2 is 0.786 bits per heavy atom. The molecule has 0 aliphatic carbocycles. The number of benzene rings is 1. The number of hydrogen-bond donors (Lipinski definition) is 9. The monoisotopic (exact) mass is 576 g/mol. The predicted molar refractivity (Wildman–Crippen MR) is 146 cm³/mol. The van der Waals surface area contributed by atoms with E-state index in [0.29, 0.717) is 16.7 Å². The second-order valence-corrected chi connectivity index (χ2v) is 8.90. The zero-order valence-corrected chi connectivity index (χ0v) is 21.6. The molecule has 15 heteroatoms. The summed E-state index contributed by atoms with van der Waals surface area (Å²) in [5.41, 5.74) is -1.79. The maximum atomic E-state index is 12.6. The molecular formula is C27H24N6O9. The first-order valence-electron chi connectivity index (χ1n) is 12.2. The SMILES string of the molecule is O=C(NCc1cc(CNC(=O)c2[nH]ccc(=O)c2O)cc(CNC(=O)c2[nH]ccc(=O)c2O)c1)c1[nH]ccc(=O)c1O. The fourth-order valence-electron chi connectivity index (χ4n) is 3.89. The maximum absolute atomic E-state index is 12.6. The molecule has 15 nitrogen and oxygen atoms in total. The van der Waals surface area contributed by atoms with Crippen LogP contribution in [0.15, 0.2) is 69.4 Å². The molecule has 216 valence electrons. The second kappa shape index (κ2) is 12.4. The minimum absolute atomic E-state index is 0.0997. The molecule has 0 unspecified atom stereocenters. The Morgan fingerprint density at radius 1 is 0.524 bits per heavy atom. The number of nitrogens with one attached hydrogen (secondary N) is 6. The number of aromatic amines is 3. The highest BCUT2D eigenvalue weighted by atomic mass is 16.3. The summed E-state index contributed by atoms with van der Waals surface area (Å²) >= 11 is 0. The van der Waals surface area contributed by atoms with Crippen LogP contribution in [0.1, 0.15) is 48.2 Å². The lowest BCUT2D eigenvalue weighted by molar-refractivity contribution is 0.0935. The fourth-order valence-corrected chi connectivity index (χ4v) is 3.89. The Labute approximate surface area is 234 Å². The number of aromatic hydroxyl groups is 3. The van der Waals surface area contributed by atoms with Crippen molar-refractivity contribution in [3.05, 3.63) is 119 Å². The first kappa shape index (κ1) is 28.9. The lowest BCUT2D eigenvalue weighted by Gasteiger charge is -2.13. The van der Waals surface area contributed by atoms with Crippen LogP contribution < -0.4 is 32.2 Å². The summed E-state index contributed by atoms with van der Waals surface area (Å²) < 4.78 is 0. The quantitative estimate of drug-likeness (QED) is 0.126. The van der Waals surface area contributed by atoms with E-state index in [2.05, 4.69) is 30.9 Å². The molecule has 3 aromatic heterocycles. The van der Waals surface area contributed by atoms with Gasteiger partial charge in [0.15, 0.2) is 34.3 Å². The van der Waals surface area contributed by atoms with Gasteiger partial charge in [-0.25, -0.2) is 0 Å². The number of amides is 3. The van der Waals surface area contributed by atoms with E-state index in [-0.39, 0.29) is 36.7 Å². The fraction of sp³-hybridized carbons (Fsp3) is 0.111. The molecule has 0 spiro atoms. The summed E-state index contributed by atoms with van der Waals surface area (Å²) in [6.07, 6.45) is 3.61. The van der Waals surface area contributed by atoms with Gasteiger partial charge in [0.25, 0.3) is 17.7 Å². The van der Waals surface area contributed by atoms with Crippen molar-refractivity contribution >= 4 is 17.7 Å². The van der Waals surface area contributed by atoms with Gasteiger partial charge in [-0.2, -0.15) is 0 Å². The normalized spacial score (nSPS) is 10.6. The first-order valence-corrected chi connectivity index (χ1v) is 12.2. The van der Waals surface area contributed by atoms with Crippen LogP contribution in [0.5, 0.6) is 17.2 Å². The molecule has 0 aliphatic heterocycles. The molecule has 0 radical (unpaired) electrons. The number of rotatable bonds is 9. The van der Waals surface area contributed by atoms with Crippen LogP contribution in [-0.2, 0) is 19.6 Å². The van der Waals surface area contributed by atoms with Crippen molar-refractivity contribution in [3.63, 3.8) is 0 Å². The molecule has 3 heterocycles. The molecule has 9 N–H and O–H groups in total. The van der Waals surface area contributed by atoms with Crippen LogP contribution in [0.2, 0.25) is 0 Å². The lowest BCUT2D eigenvalue weighted by atomic mass is 10.0. The third-order valence-electron chi connectivity index (χ3n) is 5.95. The molecule has 0 aliphatic rings. The van der Waals surface area contributed by atoms with Crippen molar-refractivity contribution in [1.29, 1.82) is 0 Å². The highest BCUT2D eigenvalue weighted by molar-refractivity contribution is 5.95. The van der Waals surface area contributed by atoms with Crippen LogP contribution >= 0.6 is 0 Å². The van der Waals surface area contributed by atoms with Crippen LogP contribution in [0.4, 0.5) is 0 Å². The summed E-state index contributed by atoms with van der Waals surface area (Å²) in [4.78, 5) is 80.2. The Bertz CT molecular complexity index is 1630. The molecule has 4 aromatic rings. The molecule has 1 aromatic carbocycles. The average molecular weight is 577 g/mol. The molecule has 4 rings (SSSR count). The van der Waals surface area contributed by atoms with E-state index in [1.807, 2.05) is 0 Å². The second-order valence-electron chi connectivity index (χ2n) is 8.90. The van der Waals surface area contributed by atoms with E-state index in [1.165, 1.54) is 18.6 Å². The summed E-state index contributed by atoms with van der Waals surface area (Å²) in [5, 5.41) is 37.4. The Kier molecular flexibility index (Phi) is 8.51. The van der Waals surface area contributed by atoms with Gasteiger partial charge < -0.3 is 46.2 Å². The summed E-state index contributed by atoms with van der Waals surface area (Å²) in [6, 6.07) is 8.02. The summed E-state index contributed by atoms with van der Waals surface area (Å²) in [7, 11) is 0. The topological polar surface area (TPSA) is 247 Å². The lowest BCUT2D eigenvalue weighted by Crippen LogP contribution is -2.27. The van der Waals surface area contributed by atoms with Crippen molar-refractivity contribution in [3.8, 4) is 17.2 Å². The van der Waals surface area contributed by atoms with Crippen LogP contribution in [0.3, 0.4) is 0 Å². The number of H-pyrrole nitrogens is 3. The molecule has 0 bridgehead atoms. The van der Waals surface area contributed by atoms with Gasteiger partial charge in [-0.05, 0) is 16.7 Å². The zero-order valence-electron chi connectivity index (χ0n) is 21.6. The Morgan fingerprint density at radius 3 is 1.05 bits per heavy atom. The van der Waals surface area contributed by atoms with E-state index in [9.17, 15) is 44.1 Å². The van der Waals surface area contributed by atoms with Crippen LogP contribution in [0, 0.1) is 0 Å². The molecule has 0 saturated heterocycles. The molecule has 42 heavy (non-hydrogen) atoms. The van der Waals surface area contributed by atoms with Gasteiger partial charge >= 0.3 is 0 Å². The number of pyridine rings is 3. The first-order chi connectivity index (χ1) is 20.0. The number of carbonyl (C=O) groups is 3.